The van der Waals surface area contributed by atoms with Crippen LogP contribution in [0.2, 0.25) is 0 Å². The Morgan fingerprint density at radius 3 is 2.33 bits per heavy atom. The minimum absolute atomic E-state index is 0.120. The summed E-state index contributed by atoms with van der Waals surface area (Å²) in [6, 6.07) is 0.355. The van der Waals surface area contributed by atoms with E-state index in [1.165, 1.54) is 12.8 Å². The zero-order valence-electron chi connectivity index (χ0n) is 9.97. The van der Waals surface area contributed by atoms with Crippen molar-refractivity contribution in [3.63, 3.8) is 0 Å². The molecule has 2 heteroatoms. The minimum atomic E-state index is -0.120. The number of amides is 1. The van der Waals surface area contributed by atoms with E-state index in [1.807, 2.05) is 0 Å². The molecule has 0 bridgehead atoms. The van der Waals surface area contributed by atoms with E-state index in [9.17, 15) is 4.79 Å². The summed E-state index contributed by atoms with van der Waals surface area (Å²) in [6.45, 7) is 6.26. The summed E-state index contributed by atoms with van der Waals surface area (Å²) in [5, 5.41) is 2.97. The number of rotatable bonds is 2. The highest BCUT2D eigenvalue weighted by Crippen LogP contribution is 2.29. The molecule has 0 atom stereocenters. The first-order valence-corrected chi connectivity index (χ1v) is 5.86. The molecule has 1 aliphatic rings. The van der Waals surface area contributed by atoms with Crippen LogP contribution in [0.4, 0.5) is 0 Å². The van der Waals surface area contributed by atoms with Crippen molar-refractivity contribution in [2.75, 3.05) is 0 Å². The molecule has 0 saturated heterocycles. The maximum Gasteiger partial charge on any atom is 0.296 e. The maximum absolute atomic E-state index is 11.2. The average molecular weight is 207 g/mol. The van der Waals surface area contributed by atoms with Crippen LogP contribution in [0.15, 0.2) is 0 Å². The minimum Gasteiger partial charge on any atom is -0.343 e. The Hall–Kier alpha value is -0.970. The zero-order valence-corrected chi connectivity index (χ0v) is 9.97. The smallest absolute Gasteiger partial charge is 0.296 e. The first-order chi connectivity index (χ1) is 7.13. The van der Waals surface area contributed by atoms with E-state index >= 15 is 0 Å². The van der Waals surface area contributed by atoms with Gasteiger partial charge in [-0.3, -0.25) is 4.79 Å². The molecule has 1 amide bonds. The number of hydrogen-bond donors (Lipinski definition) is 1. The largest absolute Gasteiger partial charge is 0.343 e. The van der Waals surface area contributed by atoms with E-state index in [1.54, 1.807) is 6.92 Å². The molecule has 0 aromatic heterocycles. The van der Waals surface area contributed by atoms with Gasteiger partial charge in [-0.2, -0.15) is 0 Å². The zero-order chi connectivity index (χ0) is 11.3. The van der Waals surface area contributed by atoms with Gasteiger partial charge >= 0.3 is 0 Å². The van der Waals surface area contributed by atoms with Crippen molar-refractivity contribution in [1.82, 2.24) is 5.32 Å². The van der Waals surface area contributed by atoms with Crippen molar-refractivity contribution in [1.29, 1.82) is 0 Å². The van der Waals surface area contributed by atoms with E-state index in [0.29, 0.717) is 6.04 Å². The summed E-state index contributed by atoms with van der Waals surface area (Å²) in [7, 11) is 0. The van der Waals surface area contributed by atoms with E-state index in [0.717, 1.165) is 24.7 Å². The van der Waals surface area contributed by atoms with Crippen molar-refractivity contribution < 1.29 is 4.79 Å². The number of carbonyl (C=O) groups excluding carboxylic acids is 1. The van der Waals surface area contributed by atoms with E-state index < -0.39 is 0 Å². The van der Waals surface area contributed by atoms with Gasteiger partial charge in [0.05, 0.1) is 0 Å². The molecule has 1 saturated carbocycles. The monoisotopic (exact) mass is 207 g/mol. The lowest BCUT2D eigenvalue weighted by atomic mass is 9.80. The van der Waals surface area contributed by atoms with Gasteiger partial charge in [0.25, 0.3) is 5.91 Å². The molecular formula is C13H21NO. The van der Waals surface area contributed by atoms with Gasteiger partial charge in [0.2, 0.25) is 0 Å². The molecule has 1 fully saturated rings. The van der Waals surface area contributed by atoms with Gasteiger partial charge in [-0.05, 0) is 50.4 Å². The Balaban J connectivity index is 2.30. The molecule has 1 N–H and O–H groups in total. The predicted octanol–water partition coefficient (Wildman–Crippen LogP) is 2.34. The fraction of sp³-hybridized carbons (Fsp3) is 0.769. The summed E-state index contributed by atoms with van der Waals surface area (Å²) in [4.78, 5) is 11.2. The summed E-state index contributed by atoms with van der Waals surface area (Å²) in [5.41, 5.74) is 0. The number of nitrogens with one attached hydrogen (secondary N) is 1. The number of carbonyl (C=O) groups is 1. The predicted molar refractivity (Wildman–Crippen MR) is 62.2 cm³/mol. The SMILES string of the molecule is CC#CC(=O)N[C@H]1CC[C@@H](C(C)C)CC1. The van der Waals surface area contributed by atoms with E-state index in [4.69, 9.17) is 0 Å². The molecule has 0 spiro atoms. The molecule has 0 unspecified atom stereocenters. The first kappa shape index (κ1) is 12.1. The summed E-state index contributed by atoms with van der Waals surface area (Å²) in [6.07, 6.45) is 4.70. The van der Waals surface area contributed by atoms with Crippen LogP contribution in [0.5, 0.6) is 0 Å². The van der Waals surface area contributed by atoms with Crippen LogP contribution in [0.1, 0.15) is 46.5 Å². The van der Waals surface area contributed by atoms with Gasteiger partial charge in [0.15, 0.2) is 0 Å². The molecule has 0 aromatic carbocycles. The van der Waals surface area contributed by atoms with Gasteiger partial charge in [0, 0.05) is 6.04 Å². The molecule has 0 aromatic rings. The highest BCUT2D eigenvalue weighted by atomic mass is 16.1. The lowest BCUT2D eigenvalue weighted by molar-refractivity contribution is -0.116. The highest BCUT2D eigenvalue weighted by molar-refractivity contribution is 5.93. The van der Waals surface area contributed by atoms with Crippen LogP contribution >= 0.6 is 0 Å². The lowest BCUT2D eigenvalue weighted by Gasteiger charge is -2.30. The van der Waals surface area contributed by atoms with Gasteiger partial charge < -0.3 is 5.32 Å². The standard InChI is InChI=1S/C13H21NO/c1-4-5-13(15)14-12-8-6-11(7-9-12)10(2)3/h10-12H,6-9H2,1-3H3,(H,14,15)/t11-,12+. The number of hydrogen-bond acceptors (Lipinski definition) is 1. The van der Waals surface area contributed by atoms with Gasteiger partial charge in [0.1, 0.15) is 0 Å². The van der Waals surface area contributed by atoms with Crippen LogP contribution in [-0.4, -0.2) is 11.9 Å². The third-order valence-corrected chi connectivity index (χ3v) is 3.29. The molecule has 2 nitrogen and oxygen atoms in total. The molecule has 84 valence electrons. The topological polar surface area (TPSA) is 29.1 Å². The molecule has 1 rings (SSSR count). The second-order valence-electron chi connectivity index (χ2n) is 4.70. The second kappa shape index (κ2) is 5.80. The Kier molecular flexibility index (Phi) is 4.68. The van der Waals surface area contributed by atoms with Gasteiger partial charge in [-0.25, -0.2) is 0 Å². The van der Waals surface area contributed by atoms with E-state index in [-0.39, 0.29) is 5.91 Å². The lowest BCUT2D eigenvalue weighted by Crippen LogP contribution is -2.37. The van der Waals surface area contributed by atoms with Gasteiger partial charge in [-0.15, -0.1) is 0 Å². The van der Waals surface area contributed by atoms with Crippen molar-refractivity contribution in [3.8, 4) is 11.8 Å². The fourth-order valence-corrected chi connectivity index (χ4v) is 2.27. The van der Waals surface area contributed by atoms with Gasteiger partial charge in [-0.1, -0.05) is 19.8 Å². The highest BCUT2D eigenvalue weighted by Gasteiger charge is 2.23. The third-order valence-electron chi connectivity index (χ3n) is 3.29. The molecule has 1 aliphatic carbocycles. The Labute approximate surface area is 92.8 Å². The normalized spacial score (nSPS) is 25.6. The second-order valence-corrected chi connectivity index (χ2v) is 4.70. The molecule has 0 aliphatic heterocycles. The fourth-order valence-electron chi connectivity index (χ4n) is 2.27. The van der Waals surface area contributed by atoms with Crippen LogP contribution < -0.4 is 5.32 Å². The quantitative estimate of drug-likeness (QED) is 0.692. The summed E-state index contributed by atoms with van der Waals surface area (Å²) < 4.78 is 0. The molecule has 0 radical (unpaired) electrons. The molecule has 0 heterocycles. The Bertz CT molecular complexity index is 264. The van der Waals surface area contributed by atoms with E-state index in [2.05, 4.69) is 31.0 Å². The molecule has 15 heavy (non-hydrogen) atoms. The van der Waals surface area contributed by atoms with Crippen LogP contribution in [-0.2, 0) is 4.79 Å². The van der Waals surface area contributed by atoms with Crippen molar-refractivity contribution in [3.05, 3.63) is 0 Å². The van der Waals surface area contributed by atoms with Crippen LogP contribution in [0, 0.1) is 23.7 Å². The summed E-state index contributed by atoms with van der Waals surface area (Å²) >= 11 is 0. The summed E-state index contributed by atoms with van der Waals surface area (Å²) in [5.74, 6) is 6.65. The first-order valence-electron chi connectivity index (χ1n) is 5.86. The van der Waals surface area contributed by atoms with Crippen LogP contribution in [0.25, 0.3) is 0 Å². The Morgan fingerprint density at radius 2 is 1.87 bits per heavy atom. The third kappa shape index (κ3) is 3.95. The Morgan fingerprint density at radius 1 is 1.27 bits per heavy atom. The van der Waals surface area contributed by atoms with Crippen molar-refractivity contribution >= 4 is 5.91 Å². The van der Waals surface area contributed by atoms with Crippen molar-refractivity contribution in [2.45, 2.75) is 52.5 Å². The molecular weight excluding hydrogens is 186 g/mol. The van der Waals surface area contributed by atoms with Crippen molar-refractivity contribution in [2.24, 2.45) is 11.8 Å². The maximum atomic E-state index is 11.2. The average Bonchev–Trinajstić information content (AvgIpc) is 2.18. The van der Waals surface area contributed by atoms with Crippen LogP contribution in [0.3, 0.4) is 0 Å².